The van der Waals surface area contributed by atoms with Crippen LogP contribution in [0, 0.1) is 5.92 Å². The maximum absolute atomic E-state index is 10.5. The molecule has 0 saturated heterocycles. The first kappa shape index (κ1) is 9.37. The van der Waals surface area contributed by atoms with Gasteiger partial charge in [-0.25, -0.2) is 0 Å². The Morgan fingerprint density at radius 2 is 1.89 bits per heavy atom. The van der Waals surface area contributed by atoms with Crippen molar-refractivity contribution < 1.29 is 4.21 Å². The van der Waals surface area contributed by atoms with Crippen LogP contribution in [0.1, 0.15) is 26.7 Å². The van der Waals surface area contributed by atoms with E-state index >= 15 is 0 Å². The highest BCUT2D eigenvalue weighted by molar-refractivity contribution is 8.21. The Morgan fingerprint density at radius 3 is 2.00 bits per heavy atom. The fourth-order valence-corrected chi connectivity index (χ4v) is 2.33. The van der Waals surface area contributed by atoms with Crippen molar-refractivity contribution in [3.05, 3.63) is 0 Å². The summed E-state index contributed by atoms with van der Waals surface area (Å²) in [6, 6.07) is 0. The molecule has 0 rings (SSSR count). The largest absolute Gasteiger partial charge is 0.260 e. The van der Waals surface area contributed by atoms with Crippen LogP contribution in [0.25, 0.3) is 0 Å². The minimum Gasteiger partial charge on any atom is -0.260 e. The summed E-state index contributed by atoms with van der Waals surface area (Å²) in [5.74, 6) is 1.32. The van der Waals surface area contributed by atoms with Gasteiger partial charge in [-0.3, -0.25) is 4.21 Å². The predicted molar refractivity (Wildman–Crippen MR) is 45.8 cm³/mol. The smallest absolute Gasteiger partial charge is 0.0260 e. The Morgan fingerprint density at radius 1 is 1.44 bits per heavy atom. The minimum atomic E-state index is -1.32. The molecule has 0 aliphatic heterocycles. The summed E-state index contributed by atoms with van der Waals surface area (Å²) in [7, 11) is -1.32. The molecule has 0 spiro atoms. The Bertz CT molecular complexity index is 117. The van der Waals surface area contributed by atoms with Crippen LogP contribution in [0.3, 0.4) is 0 Å². The normalized spacial score (nSPS) is 14.1. The molecule has 0 radical (unpaired) electrons. The van der Waals surface area contributed by atoms with Gasteiger partial charge in [-0.2, -0.15) is 0 Å². The van der Waals surface area contributed by atoms with Crippen LogP contribution in [0.2, 0.25) is 0 Å². The Balaban J connectivity index is 3.55. The Labute approximate surface area is 63.5 Å². The summed E-state index contributed by atoms with van der Waals surface area (Å²) in [6.45, 7) is 4.23. The van der Waals surface area contributed by atoms with E-state index in [1.165, 1.54) is 0 Å². The molecular formula is C6H14OS2. The van der Waals surface area contributed by atoms with Crippen molar-refractivity contribution in [2.45, 2.75) is 26.7 Å². The van der Waals surface area contributed by atoms with Crippen molar-refractivity contribution in [1.29, 1.82) is 0 Å². The van der Waals surface area contributed by atoms with Gasteiger partial charge in [-0.1, -0.05) is 26.7 Å². The van der Waals surface area contributed by atoms with Crippen molar-refractivity contribution in [3.8, 4) is 0 Å². The molecule has 0 aliphatic rings. The molecule has 1 atom stereocenters. The number of rotatable bonds is 4. The quantitative estimate of drug-likeness (QED) is 0.635. The van der Waals surface area contributed by atoms with Crippen molar-refractivity contribution in [2.24, 2.45) is 5.92 Å². The molecule has 0 fully saturated rings. The van der Waals surface area contributed by atoms with E-state index in [9.17, 15) is 4.21 Å². The van der Waals surface area contributed by atoms with E-state index in [2.05, 4.69) is 25.0 Å². The van der Waals surface area contributed by atoms with Gasteiger partial charge in [0, 0.05) is 15.1 Å². The highest BCUT2D eigenvalue weighted by Gasteiger charge is 2.01. The molecule has 0 aromatic carbocycles. The molecule has 9 heavy (non-hydrogen) atoms. The number of hydrogen-bond donors (Lipinski definition) is 1. The third-order valence-corrected chi connectivity index (χ3v) is 2.82. The molecule has 0 aromatic heterocycles. The zero-order valence-corrected chi connectivity index (χ0v) is 7.67. The number of thiol groups is 1. The molecule has 0 bridgehead atoms. The van der Waals surface area contributed by atoms with Gasteiger partial charge in [0.1, 0.15) is 0 Å². The highest BCUT2D eigenvalue weighted by Crippen LogP contribution is 2.06. The fourth-order valence-electron chi connectivity index (χ4n) is 0.758. The number of hydrogen-bond acceptors (Lipinski definition) is 2. The second kappa shape index (κ2) is 5.18. The van der Waals surface area contributed by atoms with Crippen LogP contribution >= 0.6 is 0 Å². The average molecular weight is 166 g/mol. The van der Waals surface area contributed by atoms with Gasteiger partial charge in [0.2, 0.25) is 0 Å². The lowest BCUT2D eigenvalue weighted by molar-refractivity contribution is 0.547. The molecule has 0 aliphatic carbocycles. The van der Waals surface area contributed by atoms with Crippen molar-refractivity contribution >= 4 is 20.5 Å². The standard InChI is InChI=1S/C6H14OS2/c1-3-6(4-2)5-9(7)8/h6,9H,3-5H2,1-2H3. The molecule has 3 heteroatoms. The van der Waals surface area contributed by atoms with Crippen LogP contribution in [-0.2, 0) is 20.5 Å². The second-order valence-electron chi connectivity index (χ2n) is 2.20. The van der Waals surface area contributed by atoms with Crippen LogP contribution in [0.4, 0.5) is 0 Å². The second-order valence-corrected chi connectivity index (χ2v) is 4.45. The predicted octanol–water partition coefficient (Wildman–Crippen LogP) is 1.37. The summed E-state index contributed by atoms with van der Waals surface area (Å²) < 4.78 is 10.5. The SMILES string of the molecule is CCC(CC)C[SH](=O)=S. The average Bonchev–Trinajstić information content (AvgIpc) is 1.82. The first-order valence-electron chi connectivity index (χ1n) is 3.32. The summed E-state index contributed by atoms with van der Waals surface area (Å²) >= 11 is 4.60. The van der Waals surface area contributed by atoms with Gasteiger partial charge in [-0.05, 0) is 17.1 Å². The topological polar surface area (TPSA) is 17.1 Å². The third kappa shape index (κ3) is 4.85. The molecule has 0 aromatic rings. The summed E-state index contributed by atoms with van der Waals surface area (Å²) in [5, 5.41) is 0. The van der Waals surface area contributed by atoms with Gasteiger partial charge in [0.15, 0.2) is 0 Å². The van der Waals surface area contributed by atoms with E-state index in [4.69, 9.17) is 0 Å². The monoisotopic (exact) mass is 166 g/mol. The van der Waals surface area contributed by atoms with Gasteiger partial charge in [0.25, 0.3) is 0 Å². The zero-order chi connectivity index (χ0) is 7.28. The molecule has 56 valence electrons. The molecule has 0 amide bonds. The van der Waals surface area contributed by atoms with E-state index in [0.29, 0.717) is 5.92 Å². The summed E-state index contributed by atoms with van der Waals surface area (Å²) in [6.07, 6.45) is 2.21. The van der Waals surface area contributed by atoms with E-state index in [-0.39, 0.29) is 0 Å². The van der Waals surface area contributed by atoms with Gasteiger partial charge >= 0.3 is 0 Å². The lowest BCUT2D eigenvalue weighted by Gasteiger charge is -2.06. The van der Waals surface area contributed by atoms with Gasteiger partial charge < -0.3 is 0 Å². The maximum atomic E-state index is 10.5. The molecule has 0 saturated carbocycles. The van der Waals surface area contributed by atoms with Crippen LogP contribution < -0.4 is 0 Å². The minimum absolute atomic E-state index is 0.589. The summed E-state index contributed by atoms with van der Waals surface area (Å²) in [4.78, 5) is 0. The van der Waals surface area contributed by atoms with Crippen molar-refractivity contribution in [3.63, 3.8) is 0 Å². The lowest BCUT2D eigenvalue weighted by Crippen LogP contribution is -2.03. The fraction of sp³-hybridized carbons (Fsp3) is 1.00. The van der Waals surface area contributed by atoms with Crippen molar-refractivity contribution in [2.75, 3.05) is 5.75 Å². The third-order valence-electron chi connectivity index (χ3n) is 1.56. The zero-order valence-electron chi connectivity index (χ0n) is 5.96. The van der Waals surface area contributed by atoms with Crippen molar-refractivity contribution in [1.82, 2.24) is 0 Å². The van der Waals surface area contributed by atoms with Crippen LogP contribution in [-0.4, -0.2) is 9.96 Å². The molecule has 0 N–H and O–H groups in total. The van der Waals surface area contributed by atoms with E-state index in [1.54, 1.807) is 0 Å². The molecular weight excluding hydrogens is 152 g/mol. The van der Waals surface area contributed by atoms with Crippen LogP contribution in [0.15, 0.2) is 0 Å². The van der Waals surface area contributed by atoms with E-state index in [1.807, 2.05) is 0 Å². The molecule has 0 heterocycles. The first-order chi connectivity index (χ1) is 4.20. The Hall–Kier alpha value is 0.370. The van der Waals surface area contributed by atoms with E-state index < -0.39 is 9.36 Å². The molecule has 1 unspecified atom stereocenters. The first-order valence-corrected chi connectivity index (χ1v) is 5.78. The molecule has 1 nitrogen and oxygen atoms in total. The van der Waals surface area contributed by atoms with Gasteiger partial charge in [0.05, 0.1) is 0 Å². The maximum Gasteiger partial charge on any atom is 0.0260 e. The highest BCUT2D eigenvalue weighted by atomic mass is 32.8. The van der Waals surface area contributed by atoms with E-state index in [0.717, 1.165) is 18.6 Å². The van der Waals surface area contributed by atoms with Gasteiger partial charge in [-0.15, -0.1) is 0 Å². The lowest BCUT2D eigenvalue weighted by atomic mass is 10.1. The summed E-state index contributed by atoms with van der Waals surface area (Å²) in [5.41, 5.74) is 0. The Kier molecular flexibility index (Phi) is 5.39. The van der Waals surface area contributed by atoms with Crippen LogP contribution in [0.5, 0.6) is 0 Å².